The number of nitrogens with one attached hydrogen (secondary N) is 1. The number of halogens is 2. The smallest absolute Gasteiger partial charge is 0.272 e. The molecular formula is C16H14Cl2N4O. The van der Waals surface area contributed by atoms with Gasteiger partial charge in [0.2, 0.25) is 0 Å². The van der Waals surface area contributed by atoms with Gasteiger partial charge >= 0.3 is 0 Å². The Hall–Kier alpha value is -2.24. The van der Waals surface area contributed by atoms with E-state index in [0.717, 1.165) is 5.56 Å². The Morgan fingerprint density at radius 1 is 1.26 bits per heavy atom. The Bertz CT molecular complexity index is 839. The number of amides is 1. The fourth-order valence-electron chi connectivity index (χ4n) is 2.24. The number of rotatable bonds is 4. The topological polar surface area (TPSA) is 51.9 Å². The van der Waals surface area contributed by atoms with Gasteiger partial charge in [-0.05, 0) is 11.6 Å². The molecule has 0 fully saturated rings. The molecule has 0 aliphatic heterocycles. The maximum Gasteiger partial charge on any atom is 0.272 e. The molecule has 3 aromatic rings. The third-order valence-electron chi connectivity index (χ3n) is 3.43. The van der Waals surface area contributed by atoms with E-state index in [1.807, 2.05) is 30.3 Å². The molecule has 118 valence electrons. The lowest BCUT2D eigenvalue weighted by atomic mass is 10.2. The summed E-state index contributed by atoms with van der Waals surface area (Å²) in [4.78, 5) is 12.3. The van der Waals surface area contributed by atoms with Crippen LogP contribution in [0.15, 0.2) is 48.8 Å². The summed E-state index contributed by atoms with van der Waals surface area (Å²) in [6.45, 7) is 0.637. The minimum absolute atomic E-state index is 0.291. The Morgan fingerprint density at radius 2 is 2.00 bits per heavy atom. The van der Waals surface area contributed by atoms with Crippen molar-refractivity contribution in [1.82, 2.24) is 14.3 Å². The van der Waals surface area contributed by atoms with Gasteiger partial charge < -0.3 is 9.88 Å². The molecule has 0 atom stereocenters. The molecule has 5 nitrogen and oxygen atoms in total. The molecule has 1 N–H and O–H groups in total. The highest BCUT2D eigenvalue weighted by Crippen LogP contribution is 2.25. The quantitative estimate of drug-likeness (QED) is 0.778. The van der Waals surface area contributed by atoms with Crippen molar-refractivity contribution in [3.8, 4) is 0 Å². The second-order valence-electron chi connectivity index (χ2n) is 5.09. The molecule has 0 spiro atoms. The van der Waals surface area contributed by atoms with Crippen LogP contribution in [0.25, 0.3) is 0 Å². The molecule has 0 aliphatic rings. The third kappa shape index (κ3) is 3.41. The van der Waals surface area contributed by atoms with E-state index in [0.29, 0.717) is 28.1 Å². The van der Waals surface area contributed by atoms with E-state index in [1.54, 1.807) is 24.1 Å². The maximum atomic E-state index is 12.3. The molecule has 0 radical (unpaired) electrons. The van der Waals surface area contributed by atoms with Gasteiger partial charge in [-0.2, -0.15) is 5.10 Å². The Kier molecular flexibility index (Phi) is 4.41. The first-order valence-electron chi connectivity index (χ1n) is 6.93. The predicted molar refractivity (Wildman–Crippen MR) is 91.2 cm³/mol. The van der Waals surface area contributed by atoms with Crippen molar-refractivity contribution in [2.45, 2.75) is 6.54 Å². The van der Waals surface area contributed by atoms with Gasteiger partial charge in [0.15, 0.2) is 0 Å². The number of benzene rings is 1. The van der Waals surface area contributed by atoms with E-state index >= 15 is 0 Å². The SMILES string of the molecule is Cn1c(C(=O)Nc2cnn(Cc3ccccc3)c2)cc(Cl)c1Cl. The zero-order valence-corrected chi connectivity index (χ0v) is 13.8. The molecule has 0 saturated carbocycles. The monoisotopic (exact) mass is 348 g/mol. The van der Waals surface area contributed by atoms with Crippen molar-refractivity contribution >= 4 is 34.8 Å². The molecular weight excluding hydrogens is 335 g/mol. The highest BCUT2D eigenvalue weighted by Gasteiger charge is 2.16. The number of aromatic nitrogens is 3. The summed E-state index contributed by atoms with van der Waals surface area (Å²) >= 11 is 11.9. The first-order chi connectivity index (χ1) is 11.0. The van der Waals surface area contributed by atoms with Crippen LogP contribution in [0.5, 0.6) is 0 Å². The Morgan fingerprint density at radius 3 is 2.65 bits per heavy atom. The van der Waals surface area contributed by atoms with Gasteiger partial charge in [0.1, 0.15) is 10.8 Å². The molecule has 23 heavy (non-hydrogen) atoms. The molecule has 0 aliphatic carbocycles. The van der Waals surface area contributed by atoms with Crippen molar-refractivity contribution in [1.29, 1.82) is 0 Å². The van der Waals surface area contributed by atoms with E-state index in [-0.39, 0.29) is 5.91 Å². The van der Waals surface area contributed by atoms with Crippen LogP contribution in [0, 0.1) is 0 Å². The van der Waals surface area contributed by atoms with Gasteiger partial charge in [-0.15, -0.1) is 0 Å². The molecule has 3 rings (SSSR count). The lowest BCUT2D eigenvalue weighted by Gasteiger charge is -2.04. The fourth-order valence-corrected chi connectivity index (χ4v) is 2.62. The van der Waals surface area contributed by atoms with Crippen LogP contribution in [0.4, 0.5) is 5.69 Å². The van der Waals surface area contributed by atoms with Crippen LogP contribution >= 0.6 is 23.2 Å². The third-order valence-corrected chi connectivity index (χ3v) is 4.27. The Labute approximate surface area is 143 Å². The van der Waals surface area contributed by atoms with Crippen molar-refractivity contribution < 1.29 is 4.79 Å². The molecule has 0 unspecified atom stereocenters. The molecule has 0 bridgehead atoms. The number of carbonyl (C=O) groups is 1. The number of nitrogens with zero attached hydrogens (tertiary/aromatic N) is 3. The first-order valence-corrected chi connectivity index (χ1v) is 7.68. The van der Waals surface area contributed by atoms with Crippen LogP contribution < -0.4 is 5.32 Å². The molecule has 2 aromatic heterocycles. The summed E-state index contributed by atoms with van der Waals surface area (Å²) in [5.74, 6) is -0.291. The Balaban J connectivity index is 1.71. The van der Waals surface area contributed by atoms with Gasteiger partial charge in [-0.3, -0.25) is 9.48 Å². The summed E-state index contributed by atoms with van der Waals surface area (Å²) in [7, 11) is 1.68. The van der Waals surface area contributed by atoms with Crippen molar-refractivity contribution in [2.75, 3.05) is 5.32 Å². The summed E-state index contributed by atoms with van der Waals surface area (Å²) in [6.07, 6.45) is 3.38. The number of hydrogen-bond acceptors (Lipinski definition) is 2. The zero-order valence-electron chi connectivity index (χ0n) is 12.3. The lowest BCUT2D eigenvalue weighted by molar-refractivity contribution is 0.101. The van der Waals surface area contributed by atoms with Gasteiger partial charge in [-0.1, -0.05) is 53.5 Å². The lowest BCUT2D eigenvalue weighted by Crippen LogP contribution is -2.15. The molecule has 2 heterocycles. The van der Waals surface area contributed by atoms with E-state index in [9.17, 15) is 4.79 Å². The van der Waals surface area contributed by atoms with Gasteiger partial charge in [0, 0.05) is 13.2 Å². The molecule has 0 saturated heterocycles. The van der Waals surface area contributed by atoms with E-state index < -0.39 is 0 Å². The number of carbonyl (C=O) groups excluding carboxylic acids is 1. The number of anilines is 1. The fraction of sp³-hybridized carbons (Fsp3) is 0.125. The molecule has 1 amide bonds. The number of hydrogen-bond donors (Lipinski definition) is 1. The van der Waals surface area contributed by atoms with Gasteiger partial charge in [0.25, 0.3) is 5.91 Å². The summed E-state index contributed by atoms with van der Waals surface area (Å²) in [5, 5.41) is 7.71. The van der Waals surface area contributed by atoms with Gasteiger partial charge in [-0.25, -0.2) is 0 Å². The van der Waals surface area contributed by atoms with E-state index in [4.69, 9.17) is 23.2 Å². The van der Waals surface area contributed by atoms with E-state index in [1.165, 1.54) is 10.6 Å². The highest BCUT2D eigenvalue weighted by atomic mass is 35.5. The minimum atomic E-state index is -0.291. The average molecular weight is 349 g/mol. The molecule has 1 aromatic carbocycles. The van der Waals surface area contributed by atoms with Crippen LogP contribution in [-0.2, 0) is 13.6 Å². The predicted octanol–water partition coefficient (Wildman–Crippen LogP) is 3.83. The standard InChI is InChI=1S/C16H14Cl2N4O/c1-21-14(7-13(17)15(21)18)16(23)20-12-8-19-22(10-12)9-11-5-3-2-4-6-11/h2-8,10H,9H2,1H3,(H,20,23). The zero-order chi connectivity index (χ0) is 16.4. The highest BCUT2D eigenvalue weighted by molar-refractivity contribution is 6.42. The summed E-state index contributed by atoms with van der Waals surface area (Å²) < 4.78 is 3.30. The minimum Gasteiger partial charge on any atom is -0.329 e. The van der Waals surface area contributed by atoms with Crippen molar-refractivity contribution in [3.63, 3.8) is 0 Å². The van der Waals surface area contributed by atoms with Gasteiger partial charge in [0.05, 0.1) is 23.5 Å². The maximum absolute atomic E-state index is 12.3. The normalized spacial score (nSPS) is 10.7. The second-order valence-corrected chi connectivity index (χ2v) is 5.86. The summed E-state index contributed by atoms with van der Waals surface area (Å²) in [5.41, 5.74) is 2.13. The second kappa shape index (κ2) is 6.48. The van der Waals surface area contributed by atoms with Crippen LogP contribution in [0.1, 0.15) is 16.1 Å². The van der Waals surface area contributed by atoms with E-state index in [2.05, 4.69) is 10.4 Å². The van der Waals surface area contributed by atoms with Crippen LogP contribution in [-0.4, -0.2) is 20.3 Å². The first kappa shape index (κ1) is 15.6. The van der Waals surface area contributed by atoms with Crippen molar-refractivity contribution in [2.24, 2.45) is 7.05 Å². The largest absolute Gasteiger partial charge is 0.329 e. The van der Waals surface area contributed by atoms with Crippen LogP contribution in [0.3, 0.4) is 0 Å². The summed E-state index contributed by atoms with van der Waals surface area (Å²) in [6, 6.07) is 11.5. The average Bonchev–Trinajstić information content (AvgIpc) is 3.08. The van der Waals surface area contributed by atoms with Crippen LogP contribution in [0.2, 0.25) is 10.2 Å². The van der Waals surface area contributed by atoms with Crippen molar-refractivity contribution in [3.05, 3.63) is 70.2 Å². The molecule has 7 heteroatoms.